The molecule has 0 aliphatic carbocycles. The van der Waals surface area contributed by atoms with Crippen molar-refractivity contribution < 1.29 is 9.53 Å². The minimum atomic E-state index is -0.120. The number of fused-ring (bicyclic) bond motifs is 1. The SMILES string of the molecule is COc1ccc([C@@H]2C[C@@H](c3ccc(C)cc3)n3ncnc3N2C(=O)CC(C)C)cc1. The molecule has 2 aromatic carbocycles. The number of benzene rings is 2. The van der Waals surface area contributed by atoms with Crippen molar-refractivity contribution in [2.24, 2.45) is 5.92 Å². The number of nitrogens with zero attached hydrogens (tertiary/aromatic N) is 4. The van der Waals surface area contributed by atoms with Crippen molar-refractivity contribution in [2.45, 2.75) is 45.7 Å². The van der Waals surface area contributed by atoms with Crippen LogP contribution in [0.4, 0.5) is 5.95 Å². The lowest BCUT2D eigenvalue weighted by Crippen LogP contribution is -2.43. The number of carbonyl (C=O) groups is 1. The lowest BCUT2D eigenvalue weighted by molar-refractivity contribution is -0.120. The Kier molecular flexibility index (Phi) is 5.57. The fourth-order valence-corrected chi connectivity index (χ4v) is 4.10. The van der Waals surface area contributed by atoms with Crippen LogP contribution in [0.25, 0.3) is 0 Å². The van der Waals surface area contributed by atoms with Crippen LogP contribution in [-0.2, 0) is 4.79 Å². The number of ether oxygens (including phenoxy) is 1. The second kappa shape index (κ2) is 8.30. The lowest BCUT2D eigenvalue weighted by atomic mass is 9.91. The van der Waals surface area contributed by atoms with Crippen LogP contribution in [0.15, 0.2) is 54.9 Å². The van der Waals surface area contributed by atoms with Gasteiger partial charge in [0.25, 0.3) is 0 Å². The average Bonchev–Trinajstić information content (AvgIpc) is 3.22. The molecule has 1 aromatic heterocycles. The summed E-state index contributed by atoms with van der Waals surface area (Å²) in [4.78, 5) is 19.6. The zero-order valence-electron chi connectivity index (χ0n) is 17.9. The Bertz CT molecular complexity index is 1010. The number of methoxy groups -OCH3 is 1. The predicted octanol–water partition coefficient (Wildman–Crippen LogP) is 4.71. The number of rotatable bonds is 5. The number of carbonyl (C=O) groups excluding carboxylic acids is 1. The molecule has 6 heteroatoms. The molecule has 2 atom stereocenters. The maximum Gasteiger partial charge on any atom is 0.231 e. The van der Waals surface area contributed by atoms with Gasteiger partial charge in [0.05, 0.1) is 19.2 Å². The molecule has 0 fully saturated rings. The molecule has 2 heterocycles. The quantitative estimate of drug-likeness (QED) is 0.618. The average molecular weight is 405 g/mol. The molecule has 0 saturated heterocycles. The molecule has 0 radical (unpaired) electrons. The first kappa shape index (κ1) is 20.1. The van der Waals surface area contributed by atoms with E-state index in [4.69, 9.17) is 4.74 Å². The maximum atomic E-state index is 13.3. The van der Waals surface area contributed by atoms with Gasteiger partial charge in [-0.25, -0.2) is 4.68 Å². The van der Waals surface area contributed by atoms with Crippen LogP contribution in [0.3, 0.4) is 0 Å². The van der Waals surface area contributed by atoms with E-state index in [0.717, 1.165) is 17.7 Å². The monoisotopic (exact) mass is 404 g/mol. The highest BCUT2D eigenvalue weighted by Gasteiger charge is 2.39. The first-order chi connectivity index (χ1) is 14.5. The summed E-state index contributed by atoms with van der Waals surface area (Å²) in [5.41, 5.74) is 3.45. The molecule has 0 saturated carbocycles. The van der Waals surface area contributed by atoms with Gasteiger partial charge >= 0.3 is 0 Å². The standard InChI is InChI=1S/C24H28N4O2/c1-16(2)13-23(29)27-21(18-9-11-20(30-4)12-10-18)14-22(28-24(27)25-15-26-28)19-7-5-17(3)6-8-19/h5-12,15-16,21-22H,13-14H2,1-4H3/t21-,22-/m0/s1. The fourth-order valence-electron chi connectivity index (χ4n) is 4.10. The van der Waals surface area contributed by atoms with E-state index < -0.39 is 0 Å². The largest absolute Gasteiger partial charge is 0.497 e. The van der Waals surface area contributed by atoms with Crippen LogP contribution >= 0.6 is 0 Å². The third kappa shape index (κ3) is 3.82. The van der Waals surface area contributed by atoms with Crippen LogP contribution in [0.5, 0.6) is 5.75 Å². The molecule has 1 amide bonds. The summed E-state index contributed by atoms with van der Waals surface area (Å²) in [5.74, 6) is 1.74. The van der Waals surface area contributed by atoms with E-state index in [2.05, 4.69) is 55.1 Å². The van der Waals surface area contributed by atoms with Crippen molar-refractivity contribution in [3.63, 3.8) is 0 Å². The van der Waals surface area contributed by atoms with Crippen molar-refractivity contribution in [2.75, 3.05) is 12.0 Å². The fraction of sp³-hybridized carbons (Fsp3) is 0.375. The normalized spacial score (nSPS) is 18.4. The molecule has 4 rings (SSSR count). The van der Waals surface area contributed by atoms with E-state index in [9.17, 15) is 4.79 Å². The predicted molar refractivity (Wildman–Crippen MR) is 117 cm³/mol. The van der Waals surface area contributed by atoms with E-state index in [1.807, 2.05) is 33.8 Å². The Labute approximate surface area is 177 Å². The summed E-state index contributed by atoms with van der Waals surface area (Å²) in [5, 5.41) is 4.50. The topological polar surface area (TPSA) is 60.2 Å². The number of amides is 1. The molecule has 1 aliphatic heterocycles. The van der Waals surface area contributed by atoms with E-state index in [0.29, 0.717) is 12.4 Å². The third-order valence-electron chi connectivity index (χ3n) is 5.64. The van der Waals surface area contributed by atoms with Crippen molar-refractivity contribution in [3.8, 4) is 5.75 Å². The van der Waals surface area contributed by atoms with Crippen LogP contribution in [0, 0.1) is 12.8 Å². The smallest absolute Gasteiger partial charge is 0.231 e. The number of aryl methyl sites for hydroxylation is 1. The zero-order chi connectivity index (χ0) is 21.3. The van der Waals surface area contributed by atoms with E-state index in [1.165, 1.54) is 11.1 Å². The summed E-state index contributed by atoms with van der Waals surface area (Å²) in [7, 11) is 1.66. The Morgan fingerprint density at radius 2 is 1.70 bits per heavy atom. The van der Waals surface area contributed by atoms with Crippen molar-refractivity contribution in [1.82, 2.24) is 14.8 Å². The number of hydrogen-bond acceptors (Lipinski definition) is 4. The van der Waals surface area contributed by atoms with E-state index in [1.54, 1.807) is 13.4 Å². The second-order valence-corrected chi connectivity index (χ2v) is 8.32. The highest BCUT2D eigenvalue weighted by atomic mass is 16.5. The lowest BCUT2D eigenvalue weighted by Gasteiger charge is -2.39. The van der Waals surface area contributed by atoms with Crippen molar-refractivity contribution in [1.29, 1.82) is 0 Å². The van der Waals surface area contributed by atoms with Crippen LogP contribution in [0.2, 0.25) is 0 Å². The van der Waals surface area contributed by atoms with Crippen molar-refractivity contribution in [3.05, 3.63) is 71.5 Å². The maximum absolute atomic E-state index is 13.3. The van der Waals surface area contributed by atoms with Gasteiger partial charge in [-0.05, 0) is 42.5 Å². The minimum absolute atomic E-state index is 0.0123. The summed E-state index contributed by atoms with van der Waals surface area (Å²) in [6.45, 7) is 6.20. The van der Waals surface area contributed by atoms with E-state index >= 15 is 0 Å². The first-order valence-electron chi connectivity index (χ1n) is 10.4. The van der Waals surface area contributed by atoms with Gasteiger partial charge in [-0.3, -0.25) is 9.69 Å². The van der Waals surface area contributed by atoms with Gasteiger partial charge in [0.2, 0.25) is 11.9 Å². The summed E-state index contributed by atoms with van der Waals surface area (Å²) in [6, 6.07) is 16.4. The van der Waals surface area contributed by atoms with Crippen molar-refractivity contribution >= 4 is 11.9 Å². The Morgan fingerprint density at radius 3 is 2.33 bits per heavy atom. The Hall–Kier alpha value is -3.15. The minimum Gasteiger partial charge on any atom is -0.497 e. The first-order valence-corrected chi connectivity index (χ1v) is 10.4. The highest BCUT2D eigenvalue weighted by Crippen LogP contribution is 2.42. The van der Waals surface area contributed by atoms with Gasteiger partial charge in [-0.1, -0.05) is 55.8 Å². The Morgan fingerprint density at radius 1 is 1.07 bits per heavy atom. The summed E-state index contributed by atoms with van der Waals surface area (Å²) < 4.78 is 7.21. The highest BCUT2D eigenvalue weighted by molar-refractivity contribution is 5.93. The molecule has 0 N–H and O–H groups in total. The molecule has 6 nitrogen and oxygen atoms in total. The summed E-state index contributed by atoms with van der Waals surface area (Å²) >= 11 is 0. The van der Waals surface area contributed by atoms with Gasteiger partial charge < -0.3 is 4.74 Å². The second-order valence-electron chi connectivity index (χ2n) is 8.32. The molecular weight excluding hydrogens is 376 g/mol. The molecule has 0 unspecified atom stereocenters. The van der Waals surface area contributed by atoms with Crippen LogP contribution < -0.4 is 9.64 Å². The van der Waals surface area contributed by atoms with Gasteiger partial charge in [0.1, 0.15) is 12.1 Å². The molecule has 0 spiro atoms. The summed E-state index contributed by atoms with van der Waals surface area (Å²) in [6.07, 6.45) is 2.74. The van der Waals surface area contributed by atoms with Crippen LogP contribution in [0.1, 0.15) is 55.5 Å². The number of anilines is 1. The van der Waals surface area contributed by atoms with Gasteiger partial charge in [0.15, 0.2) is 0 Å². The molecule has 0 bridgehead atoms. The van der Waals surface area contributed by atoms with Gasteiger partial charge in [0, 0.05) is 6.42 Å². The molecule has 30 heavy (non-hydrogen) atoms. The Balaban J connectivity index is 1.80. The molecule has 1 aliphatic rings. The number of aromatic nitrogens is 3. The van der Waals surface area contributed by atoms with Gasteiger partial charge in [-0.2, -0.15) is 10.1 Å². The third-order valence-corrected chi connectivity index (χ3v) is 5.64. The van der Waals surface area contributed by atoms with Gasteiger partial charge in [-0.15, -0.1) is 0 Å². The molecule has 156 valence electrons. The van der Waals surface area contributed by atoms with E-state index in [-0.39, 0.29) is 23.9 Å². The number of hydrogen-bond donors (Lipinski definition) is 0. The molecular formula is C24H28N4O2. The van der Waals surface area contributed by atoms with Crippen LogP contribution in [-0.4, -0.2) is 27.8 Å². The zero-order valence-corrected chi connectivity index (χ0v) is 17.9. The molecule has 3 aromatic rings.